The highest BCUT2D eigenvalue weighted by molar-refractivity contribution is 5.58. The maximum absolute atomic E-state index is 5.99. The molecule has 0 bridgehead atoms. The largest absolute Gasteiger partial charge is 0.489 e. The second-order valence-corrected chi connectivity index (χ2v) is 6.58. The van der Waals surface area contributed by atoms with Gasteiger partial charge in [0.25, 0.3) is 0 Å². The minimum Gasteiger partial charge on any atom is -0.489 e. The predicted molar refractivity (Wildman–Crippen MR) is 103 cm³/mol. The molecule has 0 saturated heterocycles. The lowest BCUT2D eigenvalue weighted by Crippen LogP contribution is -2.28. The van der Waals surface area contributed by atoms with E-state index in [9.17, 15) is 0 Å². The minimum absolute atomic E-state index is 0.618. The van der Waals surface area contributed by atoms with E-state index in [0.29, 0.717) is 6.61 Å². The SMILES string of the molecule is c1ccc(COc2ccc3c(c2)CCCN3Cc2ccccc2)cc1. The molecule has 0 fully saturated rings. The first-order valence-electron chi connectivity index (χ1n) is 8.97. The molecule has 3 aromatic carbocycles. The maximum Gasteiger partial charge on any atom is 0.120 e. The van der Waals surface area contributed by atoms with Gasteiger partial charge in [0.2, 0.25) is 0 Å². The second-order valence-electron chi connectivity index (χ2n) is 6.58. The smallest absolute Gasteiger partial charge is 0.120 e. The molecule has 0 aromatic heterocycles. The molecule has 0 aliphatic carbocycles. The van der Waals surface area contributed by atoms with Gasteiger partial charge in [-0.15, -0.1) is 0 Å². The molecule has 1 aliphatic heterocycles. The third kappa shape index (κ3) is 3.85. The quantitative estimate of drug-likeness (QED) is 0.636. The molecule has 1 heterocycles. The number of rotatable bonds is 5. The van der Waals surface area contributed by atoms with Gasteiger partial charge in [0.1, 0.15) is 12.4 Å². The fraction of sp³-hybridized carbons (Fsp3) is 0.217. The predicted octanol–water partition coefficient (Wildman–Crippen LogP) is 5.22. The molecule has 0 unspecified atom stereocenters. The van der Waals surface area contributed by atoms with E-state index in [4.69, 9.17) is 4.74 Å². The Kier molecular flexibility index (Phi) is 4.69. The van der Waals surface area contributed by atoms with E-state index in [1.165, 1.54) is 28.8 Å². The van der Waals surface area contributed by atoms with Gasteiger partial charge in [-0.3, -0.25) is 0 Å². The van der Waals surface area contributed by atoms with Crippen molar-refractivity contribution in [3.05, 3.63) is 95.6 Å². The van der Waals surface area contributed by atoms with Crippen molar-refractivity contribution in [3.63, 3.8) is 0 Å². The maximum atomic E-state index is 5.99. The Morgan fingerprint density at radius 1 is 0.800 bits per heavy atom. The molecule has 3 aromatic rings. The van der Waals surface area contributed by atoms with Crippen molar-refractivity contribution in [2.45, 2.75) is 26.0 Å². The summed E-state index contributed by atoms with van der Waals surface area (Å²) in [4.78, 5) is 2.48. The van der Waals surface area contributed by atoms with Gasteiger partial charge in [-0.1, -0.05) is 60.7 Å². The zero-order valence-corrected chi connectivity index (χ0v) is 14.4. The van der Waals surface area contributed by atoms with E-state index >= 15 is 0 Å². The van der Waals surface area contributed by atoms with Crippen LogP contribution in [0, 0.1) is 0 Å². The van der Waals surface area contributed by atoms with Gasteiger partial charge >= 0.3 is 0 Å². The van der Waals surface area contributed by atoms with Crippen LogP contribution in [0.2, 0.25) is 0 Å². The Labute approximate surface area is 149 Å². The highest BCUT2D eigenvalue weighted by Crippen LogP contribution is 2.31. The molecule has 0 saturated carbocycles. The van der Waals surface area contributed by atoms with Crippen LogP contribution in [-0.4, -0.2) is 6.54 Å². The monoisotopic (exact) mass is 329 g/mol. The topological polar surface area (TPSA) is 12.5 Å². The highest BCUT2D eigenvalue weighted by atomic mass is 16.5. The molecule has 0 atom stereocenters. The molecule has 2 nitrogen and oxygen atoms in total. The molecule has 4 rings (SSSR count). The molecule has 2 heteroatoms. The molecule has 126 valence electrons. The van der Waals surface area contributed by atoms with Crippen LogP contribution in [0.1, 0.15) is 23.1 Å². The normalized spacial score (nSPS) is 13.4. The van der Waals surface area contributed by atoms with E-state index in [0.717, 1.165) is 25.3 Å². The van der Waals surface area contributed by atoms with Crippen molar-refractivity contribution in [1.82, 2.24) is 0 Å². The summed E-state index contributed by atoms with van der Waals surface area (Å²) in [6, 6.07) is 27.6. The van der Waals surface area contributed by atoms with E-state index in [1.807, 2.05) is 18.2 Å². The Balaban J connectivity index is 1.48. The summed E-state index contributed by atoms with van der Waals surface area (Å²) < 4.78 is 5.99. The second kappa shape index (κ2) is 7.43. The molecular weight excluding hydrogens is 306 g/mol. The lowest BCUT2D eigenvalue weighted by Gasteiger charge is -2.31. The number of nitrogens with zero attached hydrogens (tertiary/aromatic N) is 1. The highest BCUT2D eigenvalue weighted by Gasteiger charge is 2.17. The van der Waals surface area contributed by atoms with Crippen LogP contribution in [-0.2, 0) is 19.6 Å². The lowest BCUT2D eigenvalue weighted by molar-refractivity contribution is 0.306. The van der Waals surface area contributed by atoms with Crippen molar-refractivity contribution in [2.24, 2.45) is 0 Å². The molecule has 0 N–H and O–H groups in total. The van der Waals surface area contributed by atoms with Gasteiger partial charge in [-0.25, -0.2) is 0 Å². The molecule has 0 radical (unpaired) electrons. The summed E-state index contributed by atoms with van der Waals surface area (Å²) in [5.74, 6) is 0.962. The van der Waals surface area contributed by atoms with E-state index in [-0.39, 0.29) is 0 Å². The molecular formula is C23H23NO. The number of fused-ring (bicyclic) bond motifs is 1. The Bertz CT molecular complexity index is 814. The van der Waals surface area contributed by atoms with Crippen LogP contribution >= 0.6 is 0 Å². The first kappa shape index (κ1) is 15.8. The van der Waals surface area contributed by atoms with Crippen molar-refractivity contribution in [3.8, 4) is 5.75 Å². The van der Waals surface area contributed by atoms with Crippen molar-refractivity contribution in [2.75, 3.05) is 11.4 Å². The Morgan fingerprint density at radius 3 is 2.28 bits per heavy atom. The number of anilines is 1. The summed E-state index contributed by atoms with van der Waals surface area (Å²) in [6.45, 7) is 2.71. The number of hydrogen-bond donors (Lipinski definition) is 0. The lowest BCUT2D eigenvalue weighted by atomic mass is 10.0. The molecule has 0 amide bonds. The van der Waals surface area contributed by atoms with Gasteiger partial charge in [0, 0.05) is 18.8 Å². The number of hydrogen-bond acceptors (Lipinski definition) is 2. The summed E-state index contributed by atoms with van der Waals surface area (Å²) in [5, 5.41) is 0. The average Bonchev–Trinajstić information content (AvgIpc) is 2.68. The Hall–Kier alpha value is -2.74. The summed E-state index contributed by atoms with van der Waals surface area (Å²) in [5.41, 5.74) is 5.31. The average molecular weight is 329 g/mol. The van der Waals surface area contributed by atoms with Crippen molar-refractivity contribution < 1.29 is 4.74 Å². The zero-order valence-electron chi connectivity index (χ0n) is 14.4. The fourth-order valence-corrected chi connectivity index (χ4v) is 3.45. The fourth-order valence-electron chi connectivity index (χ4n) is 3.45. The third-order valence-corrected chi connectivity index (χ3v) is 4.73. The minimum atomic E-state index is 0.618. The van der Waals surface area contributed by atoms with Gasteiger partial charge in [-0.05, 0) is 47.7 Å². The molecule has 1 aliphatic rings. The molecule has 0 spiro atoms. The van der Waals surface area contributed by atoms with Crippen LogP contribution in [0.25, 0.3) is 0 Å². The van der Waals surface area contributed by atoms with Gasteiger partial charge in [-0.2, -0.15) is 0 Å². The number of benzene rings is 3. The van der Waals surface area contributed by atoms with E-state index < -0.39 is 0 Å². The first-order valence-corrected chi connectivity index (χ1v) is 8.97. The standard InChI is InChI=1S/C23H23NO/c1-3-8-19(9-4-1)17-24-15-7-12-21-16-22(13-14-23(21)24)25-18-20-10-5-2-6-11-20/h1-6,8-11,13-14,16H,7,12,15,17-18H2. The number of aryl methyl sites for hydroxylation is 1. The van der Waals surface area contributed by atoms with Crippen LogP contribution < -0.4 is 9.64 Å². The van der Waals surface area contributed by atoms with Gasteiger partial charge in [0.15, 0.2) is 0 Å². The summed E-state index contributed by atoms with van der Waals surface area (Å²) >= 11 is 0. The van der Waals surface area contributed by atoms with Crippen LogP contribution in [0.3, 0.4) is 0 Å². The summed E-state index contributed by atoms with van der Waals surface area (Å²) in [7, 11) is 0. The Morgan fingerprint density at radius 2 is 1.52 bits per heavy atom. The third-order valence-electron chi connectivity index (χ3n) is 4.73. The van der Waals surface area contributed by atoms with E-state index in [1.54, 1.807) is 0 Å². The van der Waals surface area contributed by atoms with Gasteiger partial charge < -0.3 is 9.64 Å². The summed E-state index contributed by atoms with van der Waals surface area (Å²) in [6.07, 6.45) is 2.32. The number of ether oxygens (including phenoxy) is 1. The van der Waals surface area contributed by atoms with Gasteiger partial charge in [0.05, 0.1) is 0 Å². The zero-order chi connectivity index (χ0) is 16.9. The van der Waals surface area contributed by atoms with Crippen molar-refractivity contribution >= 4 is 5.69 Å². The van der Waals surface area contributed by atoms with Crippen LogP contribution in [0.4, 0.5) is 5.69 Å². The van der Waals surface area contributed by atoms with Crippen LogP contribution in [0.15, 0.2) is 78.9 Å². The van der Waals surface area contributed by atoms with E-state index in [2.05, 4.69) is 65.6 Å². The first-order chi connectivity index (χ1) is 12.4. The van der Waals surface area contributed by atoms with Crippen molar-refractivity contribution in [1.29, 1.82) is 0 Å². The molecule has 25 heavy (non-hydrogen) atoms. The van der Waals surface area contributed by atoms with Crippen LogP contribution in [0.5, 0.6) is 5.75 Å².